The zero-order valence-corrected chi connectivity index (χ0v) is 17.3. The van der Waals surface area contributed by atoms with E-state index in [1.54, 1.807) is 12.1 Å². The van der Waals surface area contributed by atoms with Gasteiger partial charge in [-0.1, -0.05) is 32.9 Å². The van der Waals surface area contributed by atoms with Crippen LogP contribution in [0.2, 0.25) is 0 Å². The Kier molecular flexibility index (Phi) is 5.94. The second-order valence-corrected chi connectivity index (χ2v) is 8.73. The van der Waals surface area contributed by atoms with Crippen molar-refractivity contribution in [3.63, 3.8) is 0 Å². The number of benzene rings is 2. The van der Waals surface area contributed by atoms with Gasteiger partial charge in [0.1, 0.15) is 17.2 Å². The zero-order chi connectivity index (χ0) is 22.1. The second-order valence-electron chi connectivity index (χ2n) is 8.73. The van der Waals surface area contributed by atoms with Crippen LogP contribution in [0, 0.1) is 11.6 Å². The van der Waals surface area contributed by atoms with Crippen LogP contribution in [0.4, 0.5) is 14.5 Å². The molecular weight excluding hydrogens is 390 g/mol. The van der Waals surface area contributed by atoms with Crippen LogP contribution < -0.4 is 5.32 Å². The molecule has 5 nitrogen and oxygen atoms in total. The van der Waals surface area contributed by atoms with Crippen LogP contribution in [-0.2, 0) is 10.2 Å². The van der Waals surface area contributed by atoms with Gasteiger partial charge in [-0.2, -0.15) is 0 Å². The maximum atomic E-state index is 13.9. The minimum Gasteiger partial charge on any atom is -0.380 e. The van der Waals surface area contributed by atoms with Gasteiger partial charge in [0.15, 0.2) is 0 Å². The first-order chi connectivity index (χ1) is 14.0. The lowest BCUT2D eigenvalue weighted by Crippen LogP contribution is -2.53. The van der Waals surface area contributed by atoms with Crippen LogP contribution in [-0.4, -0.2) is 40.5 Å². The molecule has 7 heteroatoms. The number of piperidine rings is 1. The van der Waals surface area contributed by atoms with Gasteiger partial charge in [-0.05, 0) is 41.3 Å². The van der Waals surface area contributed by atoms with E-state index < -0.39 is 29.0 Å². The van der Waals surface area contributed by atoms with Gasteiger partial charge in [0.2, 0.25) is 0 Å². The minimum absolute atomic E-state index is 0.00157. The number of rotatable bonds is 3. The Balaban J connectivity index is 1.63. The van der Waals surface area contributed by atoms with Gasteiger partial charge in [0.05, 0.1) is 5.56 Å². The smallest absolute Gasteiger partial charge is 0.256 e. The monoisotopic (exact) mass is 416 g/mol. The van der Waals surface area contributed by atoms with Gasteiger partial charge in [0.25, 0.3) is 11.8 Å². The van der Waals surface area contributed by atoms with E-state index in [4.69, 9.17) is 0 Å². The fourth-order valence-electron chi connectivity index (χ4n) is 3.44. The molecule has 2 amide bonds. The molecule has 0 aliphatic carbocycles. The van der Waals surface area contributed by atoms with Crippen molar-refractivity contribution in [1.29, 1.82) is 0 Å². The molecule has 3 rings (SSSR count). The molecule has 2 aromatic rings. The van der Waals surface area contributed by atoms with Gasteiger partial charge in [0, 0.05) is 31.6 Å². The third-order valence-electron chi connectivity index (χ3n) is 5.47. The standard InChI is InChI=1S/C23H26F2N2O3/c1-22(2,3)15-4-7-17(8-5-15)26-21(29)23(30)10-12-27(13-11-23)20(28)18-14-16(24)6-9-19(18)25/h4-9,14,30H,10-13H2,1-3H3,(H,26,29). The summed E-state index contributed by atoms with van der Waals surface area (Å²) in [7, 11) is 0. The van der Waals surface area contributed by atoms with Gasteiger partial charge >= 0.3 is 0 Å². The van der Waals surface area contributed by atoms with Crippen molar-refractivity contribution in [2.24, 2.45) is 0 Å². The molecule has 1 saturated heterocycles. The normalized spacial score (nSPS) is 16.3. The number of aliphatic hydroxyl groups is 1. The Bertz CT molecular complexity index is 944. The van der Waals surface area contributed by atoms with Crippen molar-refractivity contribution in [3.05, 3.63) is 65.2 Å². The molecule has 1 aliphatic heterocycles. The molecule has 2 N–H and O–H groups in total. The number of likely N-dealkylation sites (tertiary alicyclic amines) is 1. The minimum atomic E-state index is -1.64. The van der Waals surface area contributed by atoms with E-state index in [0.717, 1.165) is 23.8 Å². The van der Waals surface area contributed by atoms with Crippen LogP contribution in [0.3, 0.4) is 0 Å². The Hall–Kier alpha value is -2.80. The van der Waals surface area contributed by atoms with E-state index in [1.165, 1.54) is 4.90 Å². The number of amides is 2. The first-order valence-corrected chi connectivity index (χ1v) is 9.88. The Morgan fingerprint density at radius 1 is 1.03 bits per heavy atom. The summed E-state index contributed by atoms with van der Waals surface area (Å²) in [5, 5.41) is 13.5. The number of hydrogen-bond acceptors (Lipinski definition) is 3. The SMILES string of the molecule is CC(C)(C)c1ccc(NC(=O)C2(O)CCN(C(=O)c3cc(F)ccc3F)CC2)cc1. The summed E-state index contributed by atoms with van der Waals surface area (Å²) in [6, 6.07) is 10.1. The molecule has 1 fully saturated rings. The summed E-state index contributed by atoms with van der Waals surface area (Å²) in [6.07, 6.45) is 0.00314. The molecule has 160 valence electrons. The summed E-state index contributed by atoms with van der Waals surface area (Å²) in [5.41, 5.74) is -0.317. The maximum absolute atomic E-state index is 13.9. The topological polar surface area (TPSA) is 69.6 Å². The van der Waals surface area contributed by atoms with Crippen LogP contribution in [0.15, 0.2) is 42.5 Å². The largest absolute Gasteiger partial charge is 0.380 e. The first kappa shape index (κ1) is 21.9. The lowest BCUT2D eigenvalue weighted by atomic mass is 9.87. The predicted octanol–water partition coefficient (Wildman–Crippen LogP) is 3.87. The third kappa shape index (κ3) is 4.67. The Morgan fingerprint density at radius 2 is 1.63 bits per heavy atom. The van der Waals surface area contributed by atoms with E-state index in [2.05, 4.69) is 26.1 Å². The fourth-order valence-corrected chi connectivity index (χ4v) is 3.44. The number of carbonyl (C=O) groups excluding carboxylic acids is 2. The molecular formula is C23H26F2N2O3. The highest BCUT2D eigenvalue weighted by molar-refractivity contribution is 5.98. The third-order valence-corrected chi connectivity index (χ3v) is 5.47. The van der Waals surface area contributed by atoms with Gasteiger partial charge in [-0.3, -0.25) is 9.59 Å². The molecule has 1 aliphatic rings. The van der Waals surface area contributed by atoms with Crippen molar-refractivity contribution in [2.45, 2.75) is 44.6 Å². The average molecular weight is 416 g/mol. The van der Waals surface area contributed by atoms with Gasteiger partial charge in [-0.15, -0.1) is 0 Å². The van der Waals surface area contributed by atoms with Gasteiger partial charge in [-0.25, -0.2) is 8.78 Å². The molecule has 30 heavy (non-hydrogen) atoms. The van der Waals surface area contributed by atoms with Crippen LogP contribution in [0.5, 0.6) is 0 Å². The lowest BCUT2D eigenvalue weighted by Gasteiger charge is -2.37. The molecule has 0 unspecified atom stereocenters. The number of nitrogens with one attached hydrogen (secondary N) is 1. The van der Waals surface area contributed by atoms with Crippen LogP contribution in [0.25, 0.3) is 0 Å². The number of anilines is 1. The highest BCUT2D eigenvalue weighted by Crippen LogP contribution is 2.27. The highest BCUT2D eigenvalue weighted by Gasteiger charge is 2.40. The summed E-state index contributed by atoms with van der Waals surface area (Å²) in [4.78, 5) is 26.5. The van der Waals surface area contributed by atoms with Crippen molar-refractivity contribution < 1.29 is 23.5 Å². The number of halogens is 2. The van der Waals surface area contributed by atoms with E-state index in [0.29, 0.717) is 5.69 Å². The van der Waals surface area contributed by atoms with E-state index >= 15 is 0 Å². The second kappa shape index (κ2) is 8.14. The van der Waals surface area contributed by atoms with Gasteiger partial charge < -0.3 is 15.3 Å². The van der Waals surface area contributed by atoms with Crippen molar-refractivity contribution in [2.75, 3.05) is 18.4 Å². The van der Waals surface area contributed by atoms with Crippen LogP contribution >= 0.6 is 0 Å². The molecule has 0 saturated carbocycles. The Labute approximate surface area is 174 Å². The molecule has 0 bridgehead atoms. The average Bonchev–Trinajstić information content (AvgIpc) is 2.69. The maximum Gasteiger partial charge on any atom is 0.256 e. The summed E-state index contributed by atoms with van der Waals surface area (Å²) < 4.78 is 27.2. The van der Waals surface area contributed by atoms with E-state index in [9.17, 15) is 23.5 Å². The van der Waals surface area contributed by atoms with Crippen molar-refractivity contribution >= 4 is 17.5 Å². The number of carbonyl (C=O) groups is 2. The lowest BCUT2D eigenvalue weighted by molar-refractivity contribution is -0.138. The Morgan fingerprint density at radius 3 is 2.20 bits per heavy atom. The predicted molar refractivity (Wildman–Crippen MR) is 110 cm³/mol. The van der Waals surface area contributed by atoms with E-state index in [-0.39, 0.29) is 36.9 Å². The quantitative estimate of drug-likeness (QED) is 0.798. The summed E-state index contributed by atoms with van der Waals surface area (Å²) >= 11 is 0. The molecule has 2 aromatic carbocycles. The molecule has 1 heterocycles. The fraction of sp³-hybridized carbons (Fsp3) is 0.391. The zero-order valence-electron chi connectivity index (χ0n) is 17.3. The molecule has 0 atom stereocenters. The van der Waals surface area contributed by atoms with Crippen LogP contribution in [0.1, 0.15) is 49.5 Å². The summed E-state index contributed by atoms with van der Waals surface area (Å²) in [6.45, 7) is 6.39. The highest BCUT2D eigenvalue weighted by atomic mass is 19.1. The van der Waals surface area contributed by atoms with Crippen molar-refractivity contribution in [1.82, 2.24) is 4.90 Å². The summed E-state index contributed by atoms with van der Waals surface area (Å²) in [5.74, 6) is -2.72. The molecule has 0 aromatic heterocycles. The first-order valence-electron chi connectivity index (χ1n) is 9.88. The molecule has 0 spiro atoms. The van der Waals surface area contributed by atoms with E-state index in [1.807, 2.05) is 12.1 Å². The number of nitrogens with zero attached hydrogens (tertiary/aromatic N) is 1. The number of hydrogen-bond donors (Lipinski definition) is 2. The van der Waals surface area contributed by atoms with Crippen molar-refractivity contribution in [3.8, 4) is 0 Å². The molecule has 0 radical (unpaired) electrons.